The van der Waals surface area contributed by atoms with Gasteiger partial charge in [-0.05, 0) is 43.5 Å². The number of amides is 1. The zero-order valence-corrected chi connectivity index (χ0v) is 21.5. The number of aryl methyl sites for hydroxylation is 2. The van der Waals surface area contributed by atoms with Crippen LogP contribution in [0.1, 0.15) is 28.3 Å². The van der Waals surface area contributed by atoms with Gasteiger partial charge in [0.05, 0.1) is 37.8 Å². The van der Waals surface area contributed by atoms with Crippen LogP contribution in [-0.4, -0.2) is 42.2 Å². The Hall–Kier alpha value is -4.33. The van der Waals surface area contributed by atoms with Crippen LogP contribution in [0.3, 0.4) is 0 Å². The summed E-state index contributed by atoms with van der Waals surface area (Å²) in [5.74, 6) is 0. The number of para-hydroxylation sites is 2. The van der Waals surface area contributed by atoms with E-state index < -0.39 is 12.2 Å². The smallest absolute Gasteiger partial charge is 0.451 e. The zero-order valence-electron chi connectivity index (χ0n) is 21.5. The Kier molecular flexibility index (Phi) is 8.08. The fourth-order valence-electron chi connectivity index (χ4n) is 4.32. The van der Waals surface area contributed by atoms with Gasteiger partial charge >= 0.3 is 12.2 Å². The van der Waals surface area contributed by atoms with Crippen molar-refractivity contribution in [1.29, 1.82) is 0 Å². The van der Waals surface area contributed by atoms with Crippen molar-refractivity contribution in [3.8, 4) is 0 Å². The van der Waals surface area contributed by atoms with Gasteiger partial charge in [-0.25, -0.2) is 9.59 Å². The highest BCUT2D eigenvalue weighted by Crippen LogP contribution is 2.23. The number of imidazole rings is 1. The SMILES string of the molecule is COC(=O)/N=c1/n(Cc2ccc(C)cc2)c2ccccc2n1[C@H](COC(=O)OC)Cc1ccc(C)cc1. The van der Waals surface area contributed by atoms with Crippen molar-refractivity contribution in [1.82, 2.24) is 9.13 Å². The number of nitrogens with zero attached hydrogens (tertiary/aromatic N) is 3. The second kappa shape index (κ2) is 11.6. The number of aromatic nitrogens is 2. The van der Waals surface area contributed by atoms with Gasteiger partial charge in [0, 0.05) is 0 Å². The Bertz CT molecular complexity index is 1450. The minimum Gasteiger partial charge on any atom is -0.451 e. The molecule has 1 atom stereocenters. The molecule has 37 heavy (non-hydrogen) atoms. The fraction of sp³-hybridized carbons (Fsp3) is 0.276. The monoisotopic (exact) mass is 501 g/mol. The van der Waals surface area contributed by atoms with Gasteiger partial charge in [-0.1, -0.05) is 71.8 Å². The maximum absolute atomic E-state index is 12.5. The molecule has 0 spiro atoms. The van der Waals surface area contributed by atoms with Crippen molar-refractivity contribution in [2.24, 2.45) is 4.99 Å². The maximum atomic E-state index is 12.5. The molecule has 0 aliphatic carbocycles. The first kappa shape index (κ1) is 25.8. The molecule has 1 aromatic heterocycles. The van der Waals surface area contributed by atoms with E-state index in [-0.39, 0.29) is 12.6 Å². The molecule has 0 radical (unpaired) electrons. The van der Waals surface area contributed by atoms with Gasteiger partial charge in [-0.2, -0.15) is 0 Å². The molecular weight excluding hydrogens is 470 g/mol. The number of fused-ring (bicyclic) bond motifs is 1. The summed E-state index contributed by atoms with van der Waals surface area (Å²) < 4.78 is 19.0. The molecular formula is C29H31N3O5. The summed E-state index contributed by atoms with van der Waals surface area (Å²) in [4.78, 5) is 28.7. The van der Waals surface area contributed by atoms with Crippen molar-refractivity contribution in [2.45, 2.75) is 32.9 Å². The largest absolute Gasteiger partial charge is 0.508 e. The Morgan fingerprint density at radius 3 is 2.00 bits per heavy atom. The Labute approximate surface area is 215 Å². The van der Waals surface area contributed by atoms with Gasteiger partial charge in [-0.3, -0.25) is 0 Å². The van der Waals surface area contributed by atoms with Crippen molar-refractivity contribution in [2.75, 3.05) is 20.8 Å². The Morgan fingerprint density at radius 1 is 0.811 bits per heavy atom. The standard InChI is InChI=1S/C29H31N3O5/c1-20-9-13-22(14-10-20)17-24(19-37-29(34)36-4)32-26-8-6-5-7-25(26)31(27(32)30-28(33)35-3)18-23-15-11-21(2)12-16-23/h5-16,24H,17-19H2,1-4H3/b30-27-/t24-/m0/s1. The second-order valence-corrected chi connectivity index (χ2v) is 8.92. The fourth-order valence-corrected chi connectivity index (χ4v) is 4.32. The van der Waals surface area contributed by atoms with Crippen LogP contribution in [0.4, 0.5) is 9.59 Å². The topological polar surface area (TPSA) is 84.0 Å². The number of hydrogen-bond donors (Lipinski definition) is 0. The van der Waals surface area contributed by atoms with Crippen molar-refractivity contribution < 1.29 is 23.8 Å². The summed E-state index contributed by atoms with van der Waals surface area (Å²) in [6, 6.07) is 23.8. The zero-order chi connectivity index (χ0) is 26.4. The predicted octanol–water partition coefficient (Wildman–Crippen LogP) is 5.34. The summed E-state index contributed by atoms with van der Waals surface area (Å²) in [6.45, 7) is 4.58. The number of carbonyl (C=O) groups excluding carboxylic acids is 2. The minimum atomic E-state index is -0.774. The highest BCUT2D eigenvalue weighted by molar-refractivity contribution is 5.77. The lowest BCUT2D eigenvalue weighted by molar-refractivity contribution is 0.0610. The van der Waals surface area contributed by atoms with Gasteiger partial charge in [-0.15, -0.1) is 4.99 Å². The summed E-state index contributed by atoms with van der Waals surface area (Å²) in [6.07, 6.45) is -0.960. The molecule has 0 aliphatic heterocycles. The first-order valence-electron chi connectivity index (χ1n) is 12.0. The van der Waals surface area contributed by atoms with Crippen LogP contribution in [-0.2, 0) is 27.2 Å². The van der Waals surface area contributed by atoms with E-state index >= 15 is 0 Å². The lowest BCUT2D eigenvalue weighted by Crippen LogP contribution is -2.34. The molecule has 0 saturated heterocycles. The van der Waals surface area contributed by atoms with E-state index in [1.54, 1.807) is 0 Å². The van der Waals surface area contributed by atoms with E-state index in [2.05, 4.69) is 29.3 Å². The maximum Gasteiger partial charge on any atom is 0.508 e. The average molecular weight is 502 g/mol. The third-order valence-corrected chi connectivity index (χ3v) is 6.23. The molecule has 4 rings (SSSR count). The molecule has 0 unspecified atom stereocenters. The summed E-state index contributed by atoms with van der Waals surface area (Å²) in [5, 5.41) is 0. The molecule has 0 fully saturated rings. The van der Waals surface area contributed by atoms with E-state index in [4.69, 9.17) is 14.2 Å². The van der Waals surface area contributed by atoms with E-state index in [1.807, 2.05) is 71.5 Å². The van der Waals surface area contributed by atoms with Crippen molar-refractivity contribution in [3.63, 3.8) is 0 Å². The number of carbonyl (C=O) groups is 2. The van der Waals surface area contributed by atoms with Crippen LogP contribution >= 0.6 is 0 Å². The summed E-state index contributed by atoms with van der Waals surface area (Å²) >= 11 is 0. The molecule has 1 amide bonds. The van der Waals surface area contributed by atoms with Crippen LogP contribution in [0.5, 0.6) is 0 Å². The highest BCUT2D eigenvalue weighted by Gasteiger charge is 2.23. The molecule has 192 valence electrons. The molecule has 1 heterocycles. The van der Waals surface area contributed by atoms with Gasteiger partial charge in [0.1, 0.15) is 6.61 Å². The molecule has 0 saturated carbocycles. The van der Waals surface area contributed by atoms with Gasteiger partial charge < -0.3 is 23.3 Å². The third-order valence-electron chi connectivity index (χ3n) is 6.23. The Balaban J connectivity index is 1.92. The average Bonchev–Trinajstić information content (AvgIpc) is 3.21. The van der Waals surface area contributed by atoms with E-state index in [9.17, 15) is 9.59 Å². The van der Waals surface area contributed by atoms with Crippen molar-refractivity contribution >= 4 is 23.3 Å². The molecule has 8 nitrogen and oxygen atoms in total. The number of benzene rings is 3. The second-order valence-electron chi connectivity index (χ2n) is 8.92. The van der Waals surface area contributed by atoms with Crippen LogP contribution in [0.2, 0.25) is 0 Å². The number of hydrogen-bond acceptors (Lipinski definition) is 5. The Morgan fingerprint density at radius 2 is 1.41 bits per heavy atom. The number of rotatable bonds is 7. The normalized spacial score (nSPS) is 12.4. The van der Waals surface area contributed by atoms with Crippen LogP contribution in [0, 0.1) is 13.8 Å². The van der Waals surface area contributed by atoms with Crippen molar-refractivity contribution in [3.05, 3.63) is 101 Å². The van der Waals surface area contributed by atoms with E-state index in [1.165, 1.54) is 14.2 Å². The van der Waals surface area contributed by atoms with Crippen LogP contribution < -0.4 is 5.62 Å². The molecule has 0 N–H and O–H groups in total. The number of methoxy groups -OCH3 is 2. The highest BCUT2D eigenvalue weighted by atomic mass is 16.7. The van der Waals surface area contributed by atoms with Gasteiger partial charge in [0.2, 0.25) is 5.62 Å². The summed E-state index contributed by atoms with van der Waals surface area (Å²) in [7, 11) is 2.57. The lowest BCUT2D eigenvalue weighted by atomic mass is 10.0. The first-order valence-corrected chi connectivity index (χ1v) is 12.0. The van der Waals surface area contributed by atoms with Crippen LogP contribution in [0.15, 0.2) is 77.8 Å². The number of ether oxygens (including phenoxy) is 3. The van der Waals surface area contributed by atoms with E-state index in [0.29, 0.717) is 18.6 Å². The minimum absolute atomic E-state index is 0.0213. The first-order chi connectivity index (χ1) is 17.9. The predicted molar refractivity (Wildman–Crippen MR) is 140 cm³/mol. The molecule has 0 bridgehead atoms. The summed E-state index contributed by atoms with van der Waals surface area (Å²) in [5.41, 5.74) is 6.56. The molecule has 8 heteroatoms. The van der Waals surface area contributed by atoms with Crippen LogP contribution in [0.25, 0.3) is 11.0 Å². The quantitative estimate of drug-likeness (QED) is 0.319. The third kappa shape index (κ3) is 6.09. The lowest BCUT2D eigenvalue weighted by Gasteiger charge is -2.20. The van der Waals surface area contributed by atoms with Gasteiger partial charge in [0.25, 0.3) is 0 Å². The molecule has 3 aromatic carbocycles. The van der Waals surface area contributed by atoms with Gasteiger partial charge in [0.15, 0.2) is 0 Å². The van der Waals surface area contributed by atoms with E-state index in [0.717, 1.165) is 33.3 Å². The molecule has 4 aromatic rings. The molecule has 0 aliphatic rings.